The zero-order chi connectivity index (χ0) is 23.1. The van der Waals surface area contributed by atoms with Gasteiger partial charge >= 0.3 is 0 Å². The van der Waals surface area contributed by atoms with Gasteiger partial charge in [0.15, 0.2) is 5.82 Å². The molecule has 0 amide bonds. The Balaban J connectivity index is 1.28. The summed E-state index contributed by atoms with van der Waals surface area (Å²) in [6.45, 7) is 5.91. The van der Waals surface area contributed by atoms with E-state index in [4.69, 9.17) is 21.8 Å². The van der Waals surface area contributed by atoms with Crippen molar-refractivity contribution in [3.8, 4) is 5.69 Å². The molecule has 3 aliphatic heterocycles. The van der Waals surface area contributed by atoms with Crippen LogP contribution >= 0.6 is 11.6 Å². The van der Waals surface area contributed by atoms with Gasteiger partial charge < -0.3 is 9.80 Å². The molecule has 178 valence electrons. The van der Waals surface area contributed by atoms with Crippen LogP contribution in [0.3, 0.4) is 0 Å². The molecule has 2 saturated heterocycles. The van der Waals surface area contributed by atoms with Gasteiger partial charge in [-0.1, -0.05) is 17.7 Å². The Kier molecular flexibility index (Phi) is 6.01. The van der Waals surface area contributed by atoms with Crippen LogP contribution in [0.5, 0.6) is 0 Å². The van der Waals surface area contributed by atoms with Gasteiger partial charge in [0.2, 0.25) is 0 Å². The normalized spacial score (nSPS) is 21.9. The van der Waals surface area contributed by atoms with Crippen LogP contribution in [0.1, 0.15) is 48.8 Å². The van der Waals surface area contributed by atoms with Gasteiger partial charge in [-0.25, -0.2) is 4.98 Å². The molecule has 2 aromatic heterocycles. The van der Waals surface area contributed by atoms with Crippen molar-refractivity contribution in [1.82, 2.24) is 29.5 Å². The first kappa shape index (κ1) is 22.0. The molecule has 0 aliphatic carbocycles. The number of rotatable bonds is 4. The topological polar surface area (TPSA) is 53.3 Å². The van der Waals surface area contributed by atoms with Gasteiger partial charge in [-0.3, -0.25) is 9.47 Å². The van der Waals surface area contributed by atoms with Crippen LogP contribution in [0.4, 0.5) is 5.82 Å². The maximum Gasteiger partial charge on any atom is 0.151 e. The molecule has 5 heterocycles. The van der Waals surface area contributed by atoms with Gasteiger partial charge in [-0.05, 0) is 75.2 Å². The van der Waals surface area contributed by atoms with Gasteiger partial charge in [0.05, 0.1) is 12.2 Å². The fraction of sp³-hybridized carbons (Fsp3) is 0.500. The average Bonchev–Trinajstić information content (AvgIpc) is 3.42. The lowest BCUT2D eigenvalue weighted by atomic mass is 9.95. The highest BCUT2D eigenvalue weighted by atomic mass is 35.5. The second kappa shape index (κ2) is 9.29. The molecular weight excluding hydrogens is 446 g/mol. The molecule has 0 radical (unpaired) electrons. The number of likely N-dealkylation sites (tertiary alicyclic amines) is 1. The molecule has 0 unspecified atom stereocenters. The second-order valence-electron chi connectivity index (χ2n) is 9.98. The van der Waals surface area contributed by atoms with E-state index in [-0.39, 0.29) is 0 Å². The predicted molar refractivity (Wildman–Crippen MR) is 135 cm³/mol. The van der Waals surface area contributed by atoms with Crippen LogP contribution in [0.2, 0.25) is 5.02 Å². The maximum atomic E-state index is 6.46. The van der Waals surface area contributed by atoms with Crippen molar-refractivity contribution in [2.45, 2.75) is 50.7 Å². The SMILES string of the molecule is CN1CCC[C@H]1CN1Cc2cc(Cl)ccc2-n2c(nnc2C2CCN(c3ccccn3)CC2)C1. The highest BCUT2D eigenvalue weighted by molar-refractivity contribution is 6.30. The van der Waals surface area contributed by atoms with E-state index in [0.29, 0.717) is 12.0 Å². The lowest BCUT2D eigenvalue weighted by molar-refractivity contribution is 0.179. The molecule has 3 aromatic rings. The molecule has 8 heteroatoms. The molecule has 3 aliphatic rings. The van der Waals surface area contributed by atoms with E-state index >= 15 is 0 Å². The molecule has 7 nitrogen and oxygen atoms in total. The van der Waals surface area contributed by atoms with Crippen LogP contribution in [-0.4, -0.2) is 68.8 Å². The lowest BCUT2D eigenvalue weighted by Gasteiger charge is -2.32. The summed E-state index contributed by atoms with van der Waals surface area (Å²) in [6.07, 6.45) is 6.52. The molecular formula is C26H32ClN7. The quantitative estimate of drug-likeness (QED) is 0.563. The Hall–Kier alpha value is -2.48. The summed E-state index contributed by atoms with van der Waals surface area (Å²) in [6, 6.07) is 13.0. The number of piperidine rings is 1. The Labute approximate surface area is 206 Å². The number of anilines is 1. The van der Waals surface area contributed by atoms with Crippen LogP contribution in [0, 0.1) is 0 Å². The molecule has 1 atom stereocenters. The summed E-state index contributed by atoms with van der Waals surface area (Å²) >= 11 is 6.46. The van der Waals surface area contributed by atoms with E-state index in [1.807, 2.05) is 18.3 Å². The molecule has 0 N–H and O–H groups in total. The number of benzene rings is 1. The van der Waals surface area contributed by atoms with Crippen molar-refractivity contribution in [3.05, 3.63) is 64.8 Å². The van der Waals surface area contributed by atoms with Gasteiger partial charge in [0.25, 0.3) is 0 Å². The highest BCUT2D eigenvalue weighted by Gasteiger charge is 2.32. The van der Waals surface area contributed by atoms with Crippen molar-refractivity contribution >= 4 is 17.4 Å². The smallest absolute Gasteiger partial charge is 0.151 e. The van der Waals surface area contributed by atoms with E-state index in [2.05, 4.69) is 55.6 Å². The summed E-state index contributed by atoms with van der Waals surface area (Å²) in [5, 5.41) is 10.3. The van der Waals surface area contributed by atoms with E-state index in [9.17, 15) is 0 Å². The number of hydrogen-bond donors (Lipinski definition) is 0. The molecule has 6 rings (SSSR count). The van der Waals surface area contributed by atoms with Crippen LogP contribution in [0.25, 0.3) is 5.69 Å². The summed E-state index contributed by atoms with van der Waals surface area (Å²) in [4.78, 5) is 11.9. The Bertz CT molecular complexity index is 1140. The average molecular weight is 478 g/mol. The fourth-order valence-corrected chi connectivity index (χ4v) is 6.09. The van der Waals surface area contributed by atoms with E-state index in [1.165, 1.54) is 30.6 Å². The zero-order valence-electron chi connectivity index (χ0n) is 19.8. The Morgan fingerprint density at radius 1 is 1.00 bits per heavy atom. The summed E-state index contributed by atoms with van der Waals surface area (Å²) < 4.78 is 2.34. The van der Waals surface area contributed by atoms with Gasteiger partial charge in [-0.15, -0.1) is 10.2 Å². The molecule has 0 bridgehead atoms. The van der Waals surface area contributed by atoms with Crippen LogP contribution in [0.15, 0.2) is 42.6 Å². The summed E-state index contributed by atoms with van der Waals surface area (Å²) in [5.41, 5.74) is 2.45. The molecule has 34 heavy (non-hydrogen) atoms. The minimum atomic E-state index is 0.386. The number of hydrogen-bond acceptors (Lipinski definition) is 6. The second-order valence-corrected chi connectivity index (χ2v) is 10.4. The first-order valence-corrected chi connectivity index (χ1v) is 12.8. The Morgan fingerprint density at radius 2 is 1.88 bits per heavy atom. The van der Waals surface area contributed by atoms with E-state index < -0.39 is 0 Å². The van der Waals surface area contributed by atoms with Crippen LogP contribution in [-0.2, 0) is 13.1 Å². The van der Waals surface area contributed by atoms with Crippen molar-refractivity contribution in [2.75, 3.05) is 38.1 Å². The lowest BCUT2D eigenvalue weighted by Crippen LogP contribution is -2.37. The number of halogens is 1. The van der Waals surface area contributed by atoms with Gasteiger partial charge in [-0.2, -0.15) is 0 Å². The van der Waals surface area contributed by atoms with Gasteiger partial charge in [0.1, 0.15) is 11.6 Å². The predicted octanol–water partition coefficient (Wildman–Crippen LogP) is 4.11. The third kappa shape index (κ3) is 4.21. The number of fused-ring (bicyclic) bond motifs is 3. The molecule has 0 saturated carbocycles. The van der Waals surface area contributed by atoms with Crippen molar-refractivity contribution in [2.24, 2.45) is 0 Å². The Morgan fingerprint density at radius 3 is 2.65 bits per heavy atom. The zero-order valence-corrected chi connectivity index (χ0v) is 20.5. The summed E-state index contributed by atoms with van der Waals surface area (Å²) in [7, 11) is 2.25. The standard InChI is InChI=1S/C26H32ClN7/c1-31-12-4-5-22(31)17-32-16-20-15-21(27)7-8-23(20)34-25(18-32)29-30-26(34)19-9-13-33(14-10-19)24-6-2-3-11-28-24/h2-3,6-8,11,15,19,22H,4-5,9-10,12-14,16-18H2,1H3/t22-/m0/s1. The van der Waals surface area contributed by atoms with Crippen molar-refractivity contribution < 1.29 is 0 Å². The van der Waals surface area contributed by atoms with E-state index in [1.54, 1.807) is 0 Å². The van der Waals surface area contributed by atoms with E-state index in [0.717, 1.165) is 68.1 Å². The number of nitrogens with zero attached hydrogens (tertiary/aromatic N) is 7. The largest absolute Gasteiger partial charge is 0.357 e. The van der Waals surface area contributed by atoms with Crippen molar-refractivity contribution in [1.29, 1.82) is 0 Å². The maximum absolute atomic E-state index is 6.46. The third-order valence-corrected chi connectivity index (χ3v) is 8.01. The summed E-state index contributed by atoms with van der Waals surface area (Å²) in [5.74, 6) is 3.59. The number of aromatic nitrogens is 4. The number of likely N-dealkylation sites (N-methyl/N-ethyl adjacent to an activating group) is 1. The molecule has 0 spiro atoms. The molecule has 2 fully saturated rings. The van der Waals surface area contributed by atoms with Crippen molar-refractivity contribution in [3.63, 3.8) is 0 Å². The minimum Gasteiger partial charge on any atom is -0.357 e. The van der Waals surface area contributed by atoms with Gasteiger partial charge in [0, 0.05) is 49.4 Å². The first-order valence-electron chi connectivity index (χ1n) is 12.5. The first-order chi connectivity index (χ1) is 16.7. The third-order valence-electron chi connectivity index (χ3n) is 7.77. The monoisotopic (exact) mass is 477 g/mol. The fourth-order valence-electron chi connectivity index (χ4n) is 5.90. The minimum absolute atomic E-state index is 0.386. The highest BCUT2D eigenvalue weighted by Crippen LogP contribution is 2.34. The van der Waals surface area contributed by atoms with Crippen LogP contribution < -0.4 is 4.90 Å². The number of pyridine rings is 1. The molecule has 1 aromatic carbocycles.